The number of benzene rings is 2. The average Bonchev–Trinajstić information content (AvgIpc) is 2.46. The van der Waals surface area contributed by atoms with Gasteiger partial charge in [0.15, 0.2) is 0 Å². The van der Waals surface area contributed by atoms with Crippen LogP contribution in [0.3, 0.4) is 0 Å². The van der Waals surface area contributed by atoms with Crippen molar-refractivity contribution in [3.8, 4) is 0 Å². The van der Waals surface area contributed by atoms with Gasteiger partial charge < -0.3 is 5.32 Å². The first-order valence-corrected chi connectivity index (χ1v) is 7.24. The molecule has 0 spiro atoms. The molecule has 2 rings (SSSR count). The van der Waals surface area contributed by atoms with E-state index in [9.17, 15) is 4.39 Å². The smallest absolute Gasteiger partial charge is 0.127 e. The number of rotatable bonds is 6. The molecule has 0 amide bonds. The lowest BCUT2D eigenvalue weighted by Gasteiger charge is -2.18. The fraction of sp³-hybridized carbons (Fsp3) is 0.333. The van der Waals surface area contributed by atoms with Crippen molar-refractivity contribution >= 4 is 0 Å². The second-order valence-corrected chi connectivity index (χ2v) is 5.11. The first-order valence-electron chi connectivity index (χ1n) is 7.24. The fourth-order valence-electron chi connectivity index (χ4n) is 2.50. The van der Waals surface area contributed by atoms with E-state index in [1.807, 2.05) is 12.1 Å². The molecule has 1 N–H and O–H groups in total. The predicted octanol–water partition coefficient (Wildman–Crippen LogP) is 4.42. The summed E-state index contributed by atoms with van der Waals surface area (Å²) >= 11 is 0. The van der Waals surface area contributed by atoms with Crippen LogP contribution in [0.4, 0.5) is 4.39 Å². The summed E-state index contributed by atoms with van der Waals surface area (Å²) in [5.41, 5.74) is 3.43. The number of aryl methyl sites for hydroxylation is 1. The highest BCUT2D eigenvalue weighted by molar-refractivity contribution is 5.26. The third-order valence-electron chi connectivity index (χ3n) is 3.74. The minimum absolute atomic E-state index is 0.0835. The van der Waals surface area contributed by atoms with Gasteiger partial charge in [-0.15, -0.1) is 0 Å². The molecule has 106 valence electrons. The van der Waals surface area contributed by atoms with Gasteiger partial charge in [-0.3, -0.25) is 0 Å². The monoisotopic (exact) mass is 271 g/mol. The Bertz CT molecular complexity index is 551. The Morgan fingerprint density at radius 1 is 1.05 bits per heavy atom. The van der Waals surface area contributed by atoms with E-state index in [0.29, 0.717) is 0 Å². The maximum Gasteiger partial charge on any atom is 0.127 e. The first kappa shape index (κ1) is 14.7. The van der Waals surface area contributed by atoms with Crippen molar-refractivity contribution in [2.24, 2.45) is 0 Å². The zero-order valence-electron chi connectivity index (χ0n) is 12.2. The van der Waals surface area contributed by atoms with E-state index < -0.39 is 0 Å². The third kappa shape index (κ3) is 3.67. The minimum Gasteiger partial charge on any atom is -0.310 e. The number of halogens is 1. The highest BCUT2D eigenvalue weighted by Gasteiger charge is 2.12. The molecule has 0 aliphatic heterocycles. The largest absolute Gasteiger partial charge is 0.310 e. The summed E-state index contributed by atoms with van der Waals surface area (Å²) in [4.78, 5) is 0. The SMILES string of the molecule is CCC(NCCc1ccccc1C)c1ccccc1F. The summed E-state index contributed by atoms with van der Waals surface area (Å²) in [5, 5.41) is 3.46. The Morgan fingerprint density at radius 3 is 2.45 bits per heavy atom. The van der Waals surface area contributed by atoms with Gasteiger partial charge >= 0.3 is 0 Å². The molecule has 2 heteroatoms. The molecule has 0 fully saturated rings. The molecule has 0 saturated heterocycles. The van der Waals surface area contributed by atoms with E-state index in [4.69, 9.17) is 0 Å². The maximum absolute atomic E-state index is 13.8. The maximum atomic E-state index is 13.8. The van der Waals surface area contributed by atoms with E-state index >= 15 is 0 Å². The van der Waals surface area contributed by atoms with E-state index in [1.54, 1.807) is 6.07 Å². The lowest BCUT2D eigenvalue weighted by atomic mass is 10.0. The van der Waals surface area contributed by atoms with E-state index in [-0.39, 0.29) is 11.9 Å². The van der Waals surface area contributed by atoms with Gasteiger partial charge in [-0.1, -0.05) is 49.4 Å². The van der Waals surface area contributed by atoms with Crippen LogP contribution in [0.2, 0.25) is 0 Å². The summed E-state index contributed by atoms with van der Waals surface area (Å²) in [6.07, 6.45) is 1.85. The number of nitrogens with one attached hydrogen (secondary N) is 1. The summed E-state index contributed by atoms with van der Waals surface area (Å²) in [7, 11) is 0. The van der Waals surface area contributed by atoms with Crippen LogP contribution >= 0.6 is 0 Å². The molecule has 2 aromatic rings. The third-order valence-corrected chi connectivity index (χ3v) is 3.74. The molecule has 0 saturated carbocycles. The predicted molar refractivity (Wildman–Crippen MR) is 82.3 cm³/mol. The van der Waals surface area contributed by atoms with Crippen molar-refractivity contribution in [2.45, 2.75) is 32.7 Å². The Hall–Kier alpha value is -1.67. The standard InChI is InChI=1S/C18H22FN/c1-3-18(16-10-6-7-11-17(16)19)20-13-12-15-9-5-4-8-14(15)2/h4-11,18,20H,3,12-13H2,1-2H3. The van der Waals surface area contributed by atoms with Gasteiger partial charge in [0.25, 0.3) is 0 Å². The molecule has 0 aliphatic rings. The van der Waals surface area contributed by atoms with Crippen molar-refractivity contribution < 1.29 is 4.39 Å². The van der Waals surface area contributed by atoms with Gasteiger partial charge in [0, 0.05) is 11.6 Å². The van der Waals surface area contributed by atoms with Gasteiger partial charge in [0.1, 0.15) is 5.82 Å². The average molecular weight is 271 g/mol. The van der Waals surface area contributed by atoms with Crippen LogP contribution in [0.25, 0.3) is 0 Å². The van der Waals surface area contributed by atoms with Crippen LogP contribution in [0.1, 0.15) is 36.1 Å². The van der Waals surface area contributed by atoms with Crippen LogP contribution in [-0.4, -0.2) is 6.54 Å². The number of hydrogen-bond donors (Lipinski definition) is 1. The minimum atomic E-state index is -0.122. The van der Waals surface area contributed by atoms with E-state index in [1.165, 1.54) is 17.2 Å². The Labute approximate surface area is 120 Å². The number of hydrogen-bond acceptors (Lipinski definition) is 1. The molecule has 2 aromatic carbocycles. The van der Waals surface area contributed by atoms with Gasteiger partial charge in [-0.25, -0.2) is 4.39 Å². The quantitative estimate of drug-likeness (QED) is 0.820. The molecule has 1 unspecified atom stereocenters. The molecule has 0 aromatic heterocycles. The molecule has 0 heterocycles. The van der Waals surface area contributed by atoms with Crippen LogP contribution in [0.5, 0.6) is 0 Å². The Balaban J connectivity index is 1.95. The van der Waals surface area contributed by atoms with Crippen molar-refractivity contribution in [3.05, 3.63) is 71.0 Å². The van der Waals surface area contributed by atoms with Crippen LogP contribution in [-0.2, 0) is 6.42 Å². The summed E-state index contributed by atoms with van der Waals surface area (Å²) in [6.45, 7) is 5.07. The second-order valence-electron chi connectivity index (χ2n) is 5.11. The molecule has 20 heavy (non-hydrogen) atoms. The van der Waals surface area contributed by atoms with E-state index in [2.05, 4.69) is 43.4 Å². The normalized spacial score (nSPS) is 12.3. The van der Waals surface area contributed by atoms with Crippen molar-refractivity contribution in [2.75, 3.05) is 6.54 Å². The Kier molecular flexibility index (Phi) is 5.31. The van der Waals surface area contributed by atoms with Gasteiger partial charge in [0.2, 0.25) is 0 Å². The molecule has 0 radical (unpaired) electrons. The summed E-state index contributed by atoms with van der Waals surface area (Å²) < 4.78 is 13.8. The van der Waals surface area contributed by atoms with Crippen molar-refractivity contribution in [1.29, 1.82) is 0 Å². The van der Waals surface area contributed by atoms with Gasteiger partial charge in [-0.2, -0.15) is 0 Å². The zero-order valence-corrected chi connectivity index (χ0v) is 12.2. The van der Waals surface area contributed by atoms with E-state index in [0.717, 1.165) is 24.9 Å². The molecule has 0 aliphatic carbocycles. The summed E-state index contributed by atoms with van der Waals surface area (Å²) in [6, 6.07) is 15.5. The van der Waals surface area contributed by atoms with Crippen LogP contribution in [0.15, 0.2) is 48.5 Å². The molecule has 0 bridgehead atoms. The molecule has 1 nitrogen and oxygen atoms in total. The highest BCUT2D eigenvalue weighted by Crippen LogP contribution is 2.19. The molecule has 1 atom stereocenters. The molecular weight excluding hydrogens is 249 g/mol. The Morgan fingerprint density at radius 2 is 1.75 bits per heavy atom. The summed E-state index contributed by atoms with van der Waals surface area (Å²) in [5.74, 6) is -0.122. The first-order chi connectivity index (χ1) is 9.72. The zero-order chi connectivity index (χ0) is 14.4. The highest BCUT2D eigenvalue weighted by atomic mass is 19.1. The van der Waals surface area contributed by atoms with Crippen molar-refractivity contribution in [3.63, 3.8) is 0 Å². The molecular formula is C18H22FN. The topological polar surface area (TPSA) is 12.0 Å². The lowest BCUT2D eigenvalue weighted by Crippen LogP contribution is -2.24. The van der Waals surface area contributed by atoms with Gasteiger partial charge in [-0.05, 0) is 43.5 Å². The van der Waals surface area contributed by atoms with Crippen molar-refractivity contribution in [1.82, 2.24) is 5.32 Å². The lowest BCUT2D eigenvalue weighted by molar-refractivity contribution is 0.491. The van der Waals surface area contributed by atoms with Gasteiger partial charge in [0.05, 0.1) is 0 Å². The van der Waals surface area contributed by atoms with Crippen LogP contribution in [0, 0.1) is 12.7 Å². The fourth-order valence-corrected chi connectivity index (χ4v) is 2.50. The van der Waals surface area contributed by atoms with Crippen LogP contribution < -0.4 is 5.32 Å². The second kappa shape index (κ2) is 7.20.